The minimum Gasteiger partial charge on any atom is -0.314 e. The van der Waals surface area contributed by atoms with Crippen LogP contribution >= 0.6 is 0 Å². The quantitative estimate of drug-likeness (QED) is 0.889. The number of rotatable bonds is 4. The summed E-state index contributed by atoms with van der Waals surface area (Å²) < 4.78 is 29.0. The molecule has 1 aromatic heterocycles. The average Bonchev–Trinajstić information content (AvgIpc) is 3.23. The van der Waals surface area contributed by atoms with E-state index in [0.29, 0.717) is 11.7 Å². The summed E-state index contributed by atoms with van der Waals surface area (Å²) in [6.07, 6.45) is 1.19. The Labute approximate surface area is 158 Å². The zero-order valence-electron chi connectivity index (χ0n) is 16.0. The van der Waals surface area contributed by atoms with Gasteiger partial charge in [-0.3, -0.25) is 9.80 Å². The number of hydrogen-bond acceptors (Lipinski definition) is 4. The molecule has 0 bridgehead atoms. The Hall–Kier alpha value is -1.83. The zero-order valence-corrected chi connectivity index (χ0v) is 16.0. The number of hydrogen-bond donors (Lipinski definition) is 1. The second kappa shape index (κ2) is 7.66. The van der Waals surface area contributed by atoms with Gasteiger partial charge in [0.2, 0.25) is 0 Å². The third kappa shape index (κ3) is 3.77. The molecule has 0 amide bonds. The van der Waals surface area contributed by atoms with Crippen LogP contribution in [0.5, 0.6) is 0 Å². The van der Waals surface area contributed by atoms with E-state index in [1.807, 2.05) is 13.8 Å². The normalized spacial score (nSPS) is 21.9. The van der Waals surface area contributed by atoms with Gasteiger partial charge in [0.1, 0.15) is 11.5 Å². The number of aromatic nitrogens is 2. The molecule has 0 saturated carbocycles. The minimum atomic E-state index is -0.591. The van der Waals surface area contributed by atoms with E-state index in [1.165, 1.54) is 18.6 Å². The molecule has 0 radical (unpaired) electrons. The number of nitrogens with zero attached hydrogens (tertiary/aromatic N) is 4. The monoisotopic (exact) mass is 375 g/mol. The maximum Gasteiger partial charge on any atom is 0.151 e. The first-order valence-electron chi connectivity index (χ1n) is 9.70. The van der Waals surface area contributed by atoms with Gasteiger partial charge in [-0.2, -0.15) is 5.10 Å². The number of aryl methyl sites for hydroxylation is 1. The van der Waals surface area contributed by atoms with Crippen LogP contribution in [0.2, 0.25) is 0 Å². The summed E-state index contributed by atoms with van der Waals surface area (Å²) in [4.78, 5) is 5.06. The van der Waals surface area contributed by atoms with Crippen LogP contribution in [0.15, 0.2) is 18.2 Å². The zero-order chi connectivity index (χ0) is 19.0. The molecule has 2 aliphatic heterocycles. The molecule has 146 valence electrons. The highest BCUT2D eigenvalue weighted by atomic mass is 19.1. The highest BCUT2D eigenvalue weighted by Gasteiger charge is 2.29. The first kappa shape index (κ1) is 18.5. The van der Waals surface area contributed by atoms with Crippen molar-refractivity contribution in [2.24, 2.45) is 0 Å². The number of halogens is 2. The van der Waals surface area contributed by atoms with Gasteiger partial charge in [0, 0.05) is 69.2 Å². The van der Waals surface area contributed by atoms with E-state index in [2.05, 4.69) is 20.2 Å². The molecular weight excluding hydrogens is 348 g/mol. The first-order valence-corrected chi connectivity index (χ1v) is 9.70. The topological polar surface area (TPSA) is 36.3 Å². The molecule has 2 aromatic rings. The molecule has 4 rings (SSSR count). The van der Waals surface area contributed by atoms with Crippen LogP contribution in [0.25, 0.3) is 5.69 Å². The van der Waals surface area contributed by atoms with Crippen molar-refractivity contribution in [1.29, 1.82) is 0 Å². The van der Waals surface area contributed by atoms with Crippen LogP contribution in [0.1, 0.15) is 23.4 Å². The van der Waals surface area contributed by atoms with Gasteiger partial charge in [-0.25, -0.2) is 13.5 Å². The second-order valence-electron chi connectivity index (χ2n) is 7.62. The molecule has 2 saturated heterocycles. The summed E-state index contributed by atoms with van der Waals surface area (Å²) in [5.74, 6) is -1.17. The third-order valence-corrected chi connectivity index (χ3v) is 5.88. The molecule has 1 N–H and O–H groups in total. The summed E-state index contributed by atoms with van der Waals surface area (Å²) in [7, 11) is 0. The van der Waals surface area contributed by atoms with Gasteiger partial charge in [-0.1, -0.05) is 0 Å². The first-order chi connectivity index (χ1) is 13.0. The molecule has 3 heterocycles. The van der Waals surface area contributed by atoms with E-state index in [4.69, 9.17) is 0 Å². The highest BCUT2D eigenvalue weighted by Crippen LogP contribution is 2.24. The summed E-state index contributed by atoms with van der Waals surface area (Å²) in [6, 6.07) is 4.25. The molecule has 1 atom stereocenters. The molecule has 2 aliphatic rings. The Morgan fingerprint density at radius 2 is 1.93 bits per heavy atom. The summed E-state index contributed by atoms with van der Waals surface area (Å²) in [5.41, 5.74) is 3.26. The fourth-order valence-corrected chi connectivity index (χ4v) is 4.32. The molecule has 7 heteroatoms. The summed E-state index contributed by atoms with van der Waals surface area (Å²) >= 11 is 0. The lowest BCUT2D eigenvalue weighted by Gasteiger charge is -2.32. The van der Waals surface area contributed by atoms with Crippen molar-refractivity contribution in [3.05, 3.63) is 46.8 Å². The molecule has 0 aliphatic carbocycles. The van der Waals surface area contributed by atoms with Gasteiger partial charge in [-0.05, 0) is 32.4 Å². The predicted octanol–water partition coefficient (Wildman–Crippen LogP) is 2.25. The van der Waals surface area contributed by atoms with Crippen molar-refractivity contribution in [2.75, 3.05) is 39.3 Å². The van der Waals surface area contributed by atoms with Crippen LogP contribution < -0.4 is 5.32 Å². The molecular formula is C20H27F2N5. The highest BCUT2D eigenvalue weighted by molar-refractivity contribution is 5.38. The average molecular weight is 375 g/mol. The van der Waals surface area contributed by atoms with Gasteiger partial charge in [0.25, 0.3) is 0 Å². The predicted molar refractivity (Wildman–Crippen MR) is 101 cm³/mol. The van der Waals surface area contributed by atoms with E-state index in [-0.39, 0.29) is 0 Å². The lowest BCUT2D eigenvalue weighted by atomic mass is 10.2. The van der Waals surface area contributed by atoms with E-state index in [1.54, 1.807) is 4.68 Å². The van der Waals surface area contributed by atoms with Crippen molar-refractivity contribution in [1.82, 2.24) is 24.9 Å². The SMILES string of the molecule is Cc1nn(-c2ccc(F)cc2F)c(C)c1CN1CCC(N2CCNCC2)C1. The Bertz CT molecular complexity index is 813. The molecule has 5 nitrogen and oxygen atoms in total. The Balaban J connectivity index is 1.49. The second-order valence-corrected chi connectivity index (χ2v) is 7.62. The van der Waals surface area contributed by atoms with Crippen molar-refractivity contribution < 1.29 is 8.78 Å². The summed E-state index contributed by atoms with van der Waals surface area (Å²) in [5, 5.41) is 7.94. The Morgan fingerprint density at radius 3 is 2.67 bits per heavy atom. The van der Waals surface area contributed by atoms with Crippen LogP contribution in [0, 0.1) is 25.5 Å². The lowest BCUT2D eigenvalue weighted by Crippen LogP contribution is -2.49. The third-order valence-electron chi connectivity index (χ3n) is 5.88. The molecule has 27 heavy (non-hydrogen) atoms. The van der Waals surface area contributed by atoms with Crippen molar-refractivity contribution in [2.45, 2.75) is 32.9 Å². The number of likely N-dealkylation sites (tertiary alicyclic amines) is 1. The van der Waals surface area contributed by atoms with Crippen molar-refractivity contribution in [3.8, 4) is 5.69 Å². The largest absolute Gasteiger partial charge is 0.314 e. The van der Waals surface area contributed by atoms with E-state index < -0.39 is 11.6 Å². The van der Waals surface area contributed by atoms with E-state index in [9.17, 15) is 8.78 Å². The van der Waals surface area contributed by atoms with E-state index >= 15 is 0 Å². The number of piperazine rings is 1. The Morgan fingerprint density at radius 1 is 1.15 bits per heavy atom. The number of nitrogens with one attached hydrogen (secondary N) is 1. The van der Waals surface area contributed by atoms with Crippen LogP contribution in [0.4, 0.5) is 8.78 Å². The van der Waals surface area contributed by atoms with Gasteiger partial charge < -0.3 is 5.32 Å². The van der Waals surface area contributed by atoms with Crippen LogP contribution in [0.3, 0.4) is 0 Å². The smallest absolute Gasteiger partial charge is 0.151 e. The molecule has 1 unspecified atom stereocenters. The van der Waals surface area contributed by atoms with Crippen molar-refractivity contribution >= 4 is 0 Å². The fraction of sp³-hybridized carbons (Fsp3) is 0.550. The van der Waals surface area contributed by atoms with Crippen LogP contribution in [-0.2, 0) is 6.54 Å². The Kier molecular flexibility index (Phi) is 5.25. The van der Waals surface area contributed by atoms with Gasteiger partial charge >= 0.3 is 0 Å². The maximum absolute atomic E-state index is 14.2. The lowest BCUT2D eigenvalue weighted by molar-refractivity contribution is 0.170. The van der Waals surface area contributed by atoms with E-state index in [0.717, 1.165) is 68.8 Å². The molecule has 2 fully saturated rings. The fourth-order valence-electron chi connectivity index (χ4n) is 4.32. The van der Waals surface area contributed by atoms with Gasteiger partial charge in [0.05, 0.1) is 5.69 Å². The maximum atomic E-state index is 14.2. The van der Waals surface area contributed by atoms with Crippen molar-refractivity contribution in [3.63, 3.8) is 0 Å². The number of benzene rings is 1. The molecule has 0 spiro atoms. The van der Waals surface area contributed by atoms with Gasteiger partial charge in [0.15, 0.2) is 5.82 Å². The minimum absolute atomic E-state index is 0.295. The van der Waals surface area contributed by atoms with Crippen LogP contribution in [-0.4, -0.2) is 64.9 Å². The summed E-state index contributed by atoms with van der Waals surface area (Å²) in [6.45, 7) is 11.3. The van der Waals surface area contributed by atoms with Gasteiger partial charge in [-0.15, -0.1) is 0 Å². The molecule has 1 aromatic carbocycles. The standard InChI is InChI=1S/C20H27F2N5/c1-14-18(13-25-8-5-17(12-25)26-9-6-23-7-10-26)15(2)27(24-14)20-4-3-16(21)11-19(20)22/h3-4,11,17,23H,5-10,12-13H2,1-2H3.